The largest absolute Gasteiger partial charge is 0.354 e. The van der Waals surface area contributed by atoms with Crippen LogP contribution in [0.15, 0.2) is 12.3 Å². The van der Waals surface area contributed by atoms with Gasteiger partial charge in [0.2, 0.25) is 0 Å². The molecule has 1 unspecified atom stereocenters. The summed E-state index contributed by atoms with van der Waals surface area (Å²) in [7, 11) is 1.99. The van der Waals surface area contributed by atoms with Crippen LogP contribution < -0.4 is 4.90 Å². The molecule has 0 bridgehead atoms. The van der Waals surface area contributed by atoms with E-state index in [1.54, 1.807) is 0 Å². The first-order valence-corrected chi connectivity index (χ1v) is 6.31. The highest BCUT2D eigenvalue weighted by atomic mass is 15.4. The Morgan fingerprint density at radius 1 is 1.25 bits per heavy atom. The average molecular weight is 220 g/mol. The summed E-state index contributed by atoms with van der Waals surface area (Å²) in [6, 6.07) is 2.90. The molecule has 2 fully saturated rings. The van der Waals surface area contributed by atoms with Crippen LogP contribution in [0.2, 0.25) is 0 Å². The Balaban J connectivity index is 1.76. The van der Waals surface area contributed by atoms with Crippen LogP contribution in [0.25, 0.3) is 0 Å². The SMILES string of the molecule is Cn1ccc(N2CCCN3CCCC3C2)n1. The minimum Gasteiger partial charge on any atom is -0.354 e. The van der Waals surface area contributed by atoms with Crippen molar-refractivity contribution in [1.82, 2.24) is 14.7 Å². The highest BCUT2D eigenvalue weighted by Crippen LogP contribution is 2.23. The summed E-state index contributed by atoms with van der Waals surface area (Å²) < 4.78 is 1.90. The molecule has 3 heterocycles. The van der Waals surface area contributed by atoms with Crippen molar-refractivity contribution in [2.24, 2.45) is 7.05 Å². The normalized spacial score (nSPS) is 26.8. The zero-order valence-electron chi connectivity index (χ0n) is 9.97. The molecule has 0 aromatic carbocycles. The minimum atomic E-state index is 0.768. The quantitative estimate of drug-likeness (QED) is 0.708. The van der Waals surface area contributed by atoms with Crippen molar-refractivity contribution in [3.63, 3.8) is 0 Å². The highest BCUT2D eigenvalue weighted by molar-refractivity contribution is 5.37. The van der Waals surface area contributed by atoms with Gasteiger partial charge in [-0.2, -0.15) is 5.10 Å². The molecule has 1 atom stereocenters. The van der Waals surface area contributed by atoms with Crippen molar-refractivity contribution >= 4 is 5.82 Å². The maximum absolute atomic E-state index is 4.51. The number of aromatic nitrogens is 2. The lowest BCUT2D eigenvalue weighted by atomic mass is 10.2. The second-order valence-corrected chi connectivity index (χ2v) is 4.98. The van der Waals surface area contributed by atoms with E-state index in [-0.39, 0.29) is 0 Å². The average Bonchev–Trinajstić information content (AvgIpc) is 2.83. The number of fused-ring (bicyclic) bond motifs is 1. The van der Waals surface area contributed by atoms with Gasteiger partial charge < -0.3 is 4.90 Å². The number of anilines is 1. The lowest BCUT2D eigenvalue weighted by Crippen LogP contribution is -2.36. The van der Waals surface area contributed by atoms with Crippen LogP contribution in [-0.4, -0.2) is 46.9 Å². The second-order valence-electron chi connectivity index (χ2n) is 4.98. The van der Waals surface area contributed by atoms with E-state index >= 15 is 0 Å². The van der Waals surface area contributed by atoms with Crippen molar-refractivity contribution in [2.75, 3.05) is 31.1 Å². The van der Waals surface area contributed by atoms with Gasteiger partial charge >= 0.3 is 0 Å². The lowest BCUT2D eigenvalue weighted by Gasteiger charge is -2.25. The molecule has 0 radical (unpaired) electrons. The number of hydrogen-bond donors (Lipinski definition) is 0. The van der Waals surface area contributed by atoms with Gasteiger partial charge in [-0.25, -0.2) is 0 Å². The third-order valence-corrected chi connectivity index (χ3v) is 3.83. The van der Waals surface area contributed by atoms with E-state index < -0.39 is 0 Å². The third kappa shape index (κ3) is 1.82. The van der Waals surface area contributed by atoms with Crippen LogP contribution in [0.5, 0.6) is 0 Å². The van der Waals surface area contributed by atoms with Crippen molar-refractivity contribution in [3.05, 3.63) is 12.3 Å². The number of hydrogen-bond acceptors (Lipinski definition) is 3. The van der Waals surface area contributed by atoms with Crippen LogP contribution in [0.4, 0.5) is 5.82 Å². The summed E-state index contributed by atoms with van der Waals surface area (Å²) in [5.41, 5.74) is 0. The molecular formula is C12H20N4. The molecule has 0 amide bonds. The van der Waals surface area contributed by atoms with Gasteiger partial charge in [0.25, 0.3) is 0 Å². The summed E-state index contributed by atoms with van der Waals surface area (Å²) in [5, 5.41) is 4.51. The van der Waals surface area contributed by atoms with Crippen molar-refractivity contribution in [1.29, 1.82) is 0 Å². The Morgan fingerprint density at radius 2 is 2.12 bits per heavy atom. The van der Waals surface area contributed by atoms with E-state index in [9.17, 15) is 0 Å². The van der Waals surface area contributed by atoms with Gasteiger partial charge in [0.15, 0.2) is 5.82 Å². The molecule has 2 aliphatic heterocycles. The Kier molecular flexibility index (Phi) is 2.59. The first-order chi connectivity index (χ1) is 7.83. The fourth-order valence-electron chi connectivity index (χ4n) is 2.99. The summed E-state index contributed by atoms with van der Waals surface area (Å²) in [4.78, 5) is 5.11. The molecule has 0 aliphatic carbocycles. The summed E-state index contributed by atoms with van der Waals surface area (Å²) in [6.07, 6.45) is 6.05. The monoisotopic (exact) mass is 220 g/mol. The van der Waals surface area contributed by atoms with Crippen LogP contribution in [0, 0.1) is 0 Å². The summed E-state index contributed by atoms with van der Waals surface area (Å²) in [5.74, 6) is 1.15. The zero-order valence-corrected chi connectivity index (χ0v) is 9.97. The Morgan fingerprint density at radius 3 is 2.94 bits per heavy atom. The first kappa shape index (κ1) is 10.1. The predicted octanol–water partition coefficient (Wildman–Crippen LogP) is 1.09. The van der Waals surface area contributed by atoms with Gasteiger partial charge in [0.1, 0.15) is 0 Å². The maximum atomic E-state index is 4.51. The van der Waals surface area contributed by atoms with E-state index in [1.807, 2.05) is 17.9 Å². The van der Waals surface area contributed by atoms with E-state index in [0.717, 1.165) is 24.9 Å². The van der Waals surface area contributed by atoms with Gasteiger partial charge in [0.05, 0.1) is 0 Å². The molecule has 3 rings (SSSR count). The Hall–Kier alpha value is -1.03. The van der Waals surface area contributed by atoms with Crippen LogP contribution in [0.1, 0.15) is 19.3 Å². The van der Waals surface area contributed by atoms with E-state index in [4.69, 9.17) is 0 Å². The molecule has 2 aliphatic rings. The fourth-order valence-corrected chi connectivity index (χ4v) is 2.99. The van der Waals surface area contributed by atoms with Crippen molar-refractivity contribution < 1.29 is 0 Å². The van der Waals surface area contributed by atoms with Crippen molar-refractivity contribution in [3.8, 4) is 0 Å². The van der Waals surface area contributed by atoms with Crippen molar-refractivity contribution in [2.45, 2.75) is 25.3 Å². The molecule has 1 aromatic rings. The second kappa shape index (κ2) is 4.09. The summed E-state index contributed by atoms with van der Waals surface area (Å²) in [6.45, 7) is 4.90. The first-order valence-electron chi connectivity index (χ1n) is 6.31. The molecule has 0 spiro atoms. The molecule has 0 N–H and O–H groups in total. The number of nitrogens with zero attached hydrogens (tertiary/aromatic N) is 4. The van der Waals surface area contributed by atoms with E-state index in [0.29, 0.717) is 0 Å². The summed E-state index contributed by atoms with van der Waals surface area (Å²) >= 11 is 0. The lowest BCUT2D eigenvalue weighted by molar-refractivity contribution is 0.273. The molecular weight excluding hydrogens is 200 g/mol. The van der Waals surface area contributed by atoms with Gasteiger partial charge in [0, 0.05) is 45.0 Å². The van der Waals surface area contributed by atoms with Gasteiger partial charge in [-0.1, -0.05) is 0 Å². The molecule has 4 nitrogen and oxygen atoms in total. The van der Waals surface area contributed by atoms with E-state index in [1.165, 1.54) is 32.4 Å². The smallest absolute Gasteiger partial charge is 0.150 e. The van der Waals surface area contributed by atoms with Gasteiger partial charge in [-0.3, -0.25) is 9.58 Å². The Labute approximate surface area is 96.8 Å². The van der Waals surface area contributed by atoms with Gasteiger partial charge in [-0.15, -0.1) is 0 Å². The zero-order chi connectivity index (χ0) is 11.0. The predicted molar refractivity (Wildman–Crippen MR) is 64.6 cm³/mol. The Bertz CT molecular complexity index is 360. The van der Waals surface area contributed by atoms with Crippen LogP contribution in [0.3, 0.4) is 0 Å². The number of aryl methyl sites for hydroxylation is 1. The standard InChI is InChI=1S/C12H20N4/c1-14-9-5-12(13-14)16-8-3-7-15-6-2-4-11(15)10-16/h5,9,11H,2-4,6-8,10H2,1H3. The van der Waals surface area contributed by atoms with Gasteiger partial charge in [-0.05, 0) is 25.8 Å². The number of rotatable bonds is 1. The molecule has 88 valence electrons. The fraction of sp³-hybridized carbons (Fsp3) is 0.750. The minimum absolute atomic E-state index is 0.768. The van der Waals surface area contributed by atoms with Crippen LogP contribution in [-0.2, 0) is 7.05 Å². The molecule has 0 saturated carbocycles. The molecule has 4 heteroatoms. The highest BCUT2D eigenvalue weighted by Gasteiger charge is 2.29. The molecule has 1 aromatic heterocycles. The topological polar surface area (TPSA) is 24.3 Å². The van der Waals surface area contributed by atoms with Crippen LogP contribution >= 0.6 is 0 Å². The third-order valence-electron chi connectivity index (χ3n) is 3.83. The molecule has 16 heavy (non-hydrogen) atoms. The maximum Gasteiger partial charge on any atom is 0.150 e. The molecule has 2 saturated heterocycles. The van der Waals surface area contributed by atoms with E-state index in [2.05, 4.69) is 21.0 Å².